The fraction of sp³-hybridized carbons (Fsp3) is 0.524. The summed E-state index contributed by atoms with van der Waals surface area (Å²) >= 11 is 0. The normalized spacial score (nSPS) is 14.3. The van der Waals surface area contributed by atoms with Crippen molar-refractivity contribution in [2.75, 3.05) is 49.7 Å². The number of anilines is 2. The van der Waals surface area contributed by atoms with E-state index in [1.807, 2.05) is 44.3 Å². The smallest absolute Gasteiger partial charge is 0.161 e. The zero-order chi connectivity index (χ0) is 20.1. The van der Waals surface area contributed by atoms with Gasteiger partial charge in [0.15, 0.2) is 11.6 Å². The summed E-state index contributed by atoms with van der Waals surface area (Å²) in [4.78, 5) is 13.9. The van der Waals surface area contributed by atoms with Gasteiger partial charge in [0.1, 0.15) is 0 Å². The molecule has 2 N–H and O–H groups in total. The first-order valence-electron chi connectivity index (χ1n) is 9.70. The second-order valence-electron chi connectivity index (χ2n) is 7.79. The molecule has 3 rings (SSSR count). The molecule has 2 heterocycles. The molecule has 0 aliphatic carbocycles. The highest BCUT2D eigenvalue weighted by Crippen LogP contribution is 2.33. The van der Waals surface area contributed by atoms with Crippen molar-refractivity contribution >= 4 is 11.5 Å². The molecule has 0 spiro atoms. The molecule has 7 heteroatoms. The first-order chi connectivity index (χ1) is 13.4. The molecule has 1 aliphatic heterocycles. The van der Waals surface area contributed by atoms with E-state index in [-0.39, 0.29) is 6.61 Å². The van der Waals surface area contributed by atoms with Gasteiger partial charge in [0.2, 0.25) is 0 Å². The van der Waals surface area contributed by atoms with Crippen molar-refractivity contribution in [2.45, 2.75) is 32.5 Å². The Kier molecular flexibility index (Phi) is 6.49. The lowest BCUT2D eigenvalue weighted by Crippen LogP contribution is -2.44. The van der Waals surface area contributed by atoms with Gasteiger partial charge in [0.25, 0.3) is 0 Å². The highest BCUT2D eigenvalue weighted by Gasteiger charge is 2.26. The summed E-state index contributed by atoms with van der Waals surface area (Å²) in [5.74, 6) is 1.53. The summed E-state index contributed by atoms with van der Waals surface area (Å²) in [6.07, 6.45) is 2.54. The average Bonchev–Trinajstić information content (AvgIpc) is 2.70. The summed E-state index contributed by atoms with van der Waals surface area (Å²) in [6, 6.07) is 7.65. The maximum Gasteiger partial charge on any atom is 0.161 e. The van der Waals surface area contributed by atoms with Gasteiger partial charge in [0.05, 0.1) is 30.7 Å². The average molecular weight is 386 g/mol. The van der Waals surface area contributed by atoms with Crippen LogP contribution in [0.1, 0.15) is 25.8 Å². The lowest BCUT2D eigenvalue weighted by atomic mass is 10.0. The van der Waals surface area contributed by atoms with E-state index in [2.05, 4.69) is 14.8 Å². The van der Waals surface area contributed by atoms with Gasteiger partial charge in [0, 0.05) is 38.9 Å². The fourth-order valence-corrected chi connectivity index (χ4v) is 3.30. The van der Waals surface area contributed by atoms with Gasteiger partial charge in [-0.2, -0.15) is 0 Å². The lowest BCUT2D eigenvalue weighted by molar-refractivity contribution is 0.0730. The van der Waals surface area contributed by atoms with Crippen molar-refractivity contribution in [3.05, 3.63) is 36.0 Å². The van der Waals surface area contributed by atoms with Gasteiger partial charge in [-0.3, -0.25) is 0 Å². The molecule has 0 saturated carbocycles. The summed E-state index contributed by atoms with van der Waals surface area (Å²) < 4.78 is 5.26. The SMILES string of the molecule is COCCN1CCN(CCC(C)(C)O)c2cnc(-c3cccc(CO)c3)nc21. The van der Waals surface area contributed by atoms with E-state index in [9.17, 15) is 10.2 Å². The van der Waals surface area contributed by atoms with E-state index in [1.165, 1.54) is 0 Å². The predicted octanol–water partition coefficient (Wildman–Crippen LogP) is 2.07. The van der Waals surface area contributed by atoms with Crippen LogP contribution in [0.3, 0.4) is 0 Å². The Bertz CT molecular complexity index is 791. The number of hydrogen-bond acceptors (Lipinski definition) is 7. The van der Waals surface area contributed by atoms with E-state index in [4.69, 9.17) is 9.72 Å². The van der Waals surface area contributed by atoms with Crippen LogP contribution in [-0.2, 0) is 11.3 Å². The number of fused-ring (bicyclic) bond motifs is 1. The first-order valence-corrected chi connectivity index (χ1v) is 9.70. The molecule has 0 saturated heterocycles. The topological polar surface area (TPSA) is 82.0 Å². The number of ether oxygens (including phenoxy) is 1. The van der Waals surface area contributed by atoms with Crippen molar-refractivity contribution in [1.29, 1.82) is 0 Å². The van der Waals surface area contributed by atoms with Crippen molar-refractivity contribution < 1.29 is 14.9 Å². The molecular weight excluding hydrogens is 356 g/mol. The van der Waals surface area contributed by atoms with Crippen molar-refractivity contribution in [1.82, 2.24) is 9.97 Å². The molecule has 28 heavy (non-hydrogen) atoms. The van der Waals surface area contributed by atoms with Gasteiger partial charge < -0.3 is 24.7 Å². The van der Waals surface area contributed by atoms with Crippen LogP contribution < -0.4 is 9.80 Å². The van der Waals surface area contributed by atoms with Crippen LogP contribution in [0, 0.1) is 0 Å². The minimum Gasteiger partial charge on any atom is -0.392 e. The molecule has 0 amide bonds. The Labute approximate surface area is 166 Å². The Hall–Kier alpha value is -2.22. The van der Waals surface area contributed by atoms with Crippen molar-refractivity contribution in [3.63, 3.8) is 0 Å². The highest BCUT2D eigenvalue weighted by atomic mass is 16.5. The van der Waals surface area contributed by atoms with E-state index in [0.29, 0.717) is 18.9 Å². The van der Waals surface area contributed by atoms with Crippen molar-refractivity contribution in [3.8, 4) is 11.4 Å². The second kappa shape index (κ2) is 8.86. The fourth-order valence-electron chi connectivity index (χ4n) is 3.30. The quantitative estimate of drug-likeness (QED) is 0.719. The number of aliphatic hydroxyl groups excluding tert-OH is 1. The molecule has 7 nitrogen and oxygen atoms in total. The van der Waals surface area contributed by atoms with E-state index < -0.39 is 5.60 Å². The van der Waals surface area contributed by atoms with Crippen LogP contribution in [0.15, 0.2) is 30.5 Å². The maximum atomic E-state index is 10.1. The zero-order valence-electron chi connectivity index (χ0n) is 16.9. The molecule has 1 aromatic carbocycles. The minimum absolute atomic E-state index is 0.0104. The van der Waals surface area contributed by atoms with Gasteiger partial charge >= 0.3 is 0 Å². The Morgan fingerprint density at radius 1 is 1.18 bits per heavy atom. The third kappa shape index (κ3) is 4.98. The number of rotatable bonds is 8. The summed E-state index contributed by atoms with van der Waals surface area (Å²) in [5.41, 5.74) is 1.99. The predicted molar refractivity (Wildman–Crippen MR) is 111 cm³/mol. The third-order valence-corrected chi connectivity index (χ3v) is 4.96. The Morgan fingerprint density at radius 3 is 2.68 bits per heavy atom. The molecule has 0 radical (unpaired) electrons. The van der Waals surface area contributed by atoms with E-state index >= 15 is 0 Å². The molecule has 0 atom stereocenters. The van der Waals surface area contributed by atoms with Crippen LogP contribution in [0.2, 0.25) is 0 Å². The third-order valence-electron chi connectivity index (χ3n) is 4.96. The molecule has 1 aromatic heterocycles. The maximum absolute atomic E-state index is 10.1. The number of methoxy groups -OCH3 is 1. The number of hydrogen-bond donors (Lipinski definition) is 2. The van der Waals surface area contributed by atoms with Crippen LogP contribution in [0.5, 0.6) is 0 Å². The minimum atomic E-state index is -0.709. The Balaban J connectivity index is 1.93. The Morgan fingerprint density at radius 2 is 1.96 bits per heavy atom. The van der Waals surface area contributed by atoms with Crippen LogP contribution in [0.4, 0.5) is 11.5 Å². The standard InChI is InChI=1S/C21H30N4O3/c1-21(2,27)7-8-24-9-10-25(11-12-28-3)20-18(24)14-22-19(23-20)17-6-4-5-16(13-17)15-26/h4-6,13-14,26-27H,7-12,15H2,1-3H3. The molecular formula is C21H30N4O3. The van der Waals surface area contributed by atoms with Crippen LogP contribution in [0.25, 0.3) is 11.4 Å². The van der Waals surface area contributed by atoms with Gasteiger partial charge in [-0.15, -0.1) is 0 Å². The largest absolute Gasteiger partial charge is 0.392 e. The molecule has 0 bridgehead atoms. The number of aliphatic hydroxyl groups is 2. The number of benzene rings is 1. The summed E-state index contributed by atoms with van der Waals surface area (Å²) in [5, 5.41) is 19.5. The van der Waals surface area contributed by atoms with Gasteiger partial charge in [-0.25, -0.2) is 9.97 Å². The molecule has 1 aliphatic rings. The molecule has 0 fully saturated rings. The highest BCUT2D eigenvalue weighted by molar-refractivity contribution is 5.71. The van der Waals surface area contributed by atoms with E-state index in [1.54, 1.807) is 7.11 Å². The summed E-state index contributed by atoms with van der Waals surface area (Å²) in [7, 11) is 1.70. The second-order valence-corrected chi connectivity index (χ2v) is 7.79. The van der Waals surface area contributed by atoms with Crippen molar-refractivity contribution in [2.24, 2.45) is 0 Å². The van der Waals surface area contributed by atoms with Gasteiger partial charge in [-0.05, 0) is 31.9 Å². The summed E-state index contributed by atoms with van der Waals surface area (Å²) in [6.45, 7) is 7.48. The van der Waals surface area contributed by atoms with E-state index in [0.717, 1.165) is 48.8 Å². The van der Waals surface area contributed by atoms with Gasteiger partial charge in [-0.1, -0.05) is 18.2 Å². The number of nitrogens with zero attached hydrogens (tertiary/aromatic N) is 4. The molecule has 2 aromatic rings. The number of aromatic nitrogens is 2. The zero-order valence-corrected chi connectivity index (χ0v) is 16.9. The van der Waals surface area contributed by atoms with Crippen LogP contribution >= 0.6 is 0 Å². The molecule has 0 unspecified atom stereocenters. The molecule has 152 valence electrons. The lowest BCUT2D eigenvalue weighted by Gasteiger charge is -2.38. The first kappa shape index (κ1) is 20.5. The van der Waals surface area contributed by atoms with Crippen LogP contribution in [-0.4, -0.2) is 65.7 Å². The monoisotopic (exact) mass is 386 g/mol.